The first kappa shape index (κ1) is 15.8. The molecule has 26 heavy (non-hydrogen) atoms. The Morgan fingerprint density at radius 1 is 1.23 bits per heavy atom. The summed E-state index contributed by atoms with van der Waals surface area (Å²) in [7, 11) is 0. The molecular weight excluding hydrogens is 338 g/mol. The van der Waals surface area contributed by atoms with Crippen molar-refractivity contribution in [1.82, 2.24) is 25.4 Å². The lowest BCUT2D eigenvalue weighted by atomic mass is 10.2. The minimum Gasteiger partial charge on any atom is -0.459 e. The van der Waals surface area contributed by atoms with Crippen LogP contribution in [0.15, 0.2) is 56.5 Å². The third-order valence-corrected chi connectivity index (χ3v) is 3.79. The Hall–Kier alpha value is -3.75. The number of nitrogens with zero attached hydrogens (tertiary/aromatic N) is 3. The van der Waals surface area contributed by atoms with Crippen molar-refractivity contribution < 1.29 is 13.7 Å². The molecule has 130 valence electrons. The number of furan rings is 1. The molecule has 0 aliphatic rings. The first-order chi connectivity index (χ1) is 12.6. The van der Waals surface area contributed by atoms with Gasteiger partial charge in [-0.25, -0.2) is 14.8 Å². The molecule has 4 rings (SSSR count). The van der Waals surface area contributed by atoms with E-state index >= 15 is 0 Å². The molecule has 0 unspecified atom stereocenters. The second kappa shape index (κ2) is 6.28. The van der Waals surface area contributed by atoms with Crippen LogP contribution in [0.5, 0.6) is 0 Å². The molecule has 0 aliphatic carbocycles. The predicted octanol–water partition coefficient (Wildman–Crippen LogP) is 2.06. The van der Waals surface area contributed by atoms with E-state index in [-0.39, 0.29) is 23.3 Å². The van der Waals surface area contributed by atoms with E-state index in [2.05, 4.69) is 29.9 Å². The van der Waals surface area contributed by atoms with Gasteiger partial charge in [0, 0.05) is 5.39 Å². The maximum absolute atomic E-state index is 12.3. The average molecular weight is 351 g/mol. The molecule has 0 saturated carbocycles. The molecule has 0 fully saturated rings. The van der Waals surface area contributed by atoms with Gasteiger partial charge in [-0.3, -0.25) is 14.3 Å². The summed E-state index contributed by atoms with van der Waals surface area (Å²) in [5, 5.41) is 7.29. The third-order valence-electron chi connectivity index (χ3n) is 3.79. The van der Waals surface area contributed by atoms with E-state index in [0.717, 1.165) is 11.0 Å². The normalized spacial score (nSPS) is 12.2. The number of aromatic nitrogens is 4. The first-order valence-corrected chi connectivity index (χ1v) is 7.78. The van der Waals surface area contributed by atoms with Gasteiger partial charge in [-0.1, -0.05) is 23.4 Å². The molecule has 0 radical (unpaired) electrons. The fraction of sp³-hybridized carbons (Fsp3) is 0.118. The number of aromatic amines is 1. The number of carbonyl (C=O) groups is 1. The van der Waals surface area contributed by atoms with E-state index in [1.54, 1.807) is 0 Å². The molecule has 1 aromatic carbocycles. The molecule has 9 heteroatoms. The molecule has 0 bridgehead atoms. The average Bonchev–Trinajstić information content (AvgIpc) is 3.28. The van der Waals surface area contributed by atoms with Crippen LogP contribution in [0.3, 0.4) is 0 Å². The smallest absolute Gasteiger partial charge is 0.439 e. The van der Waals surface area contributed by atoms with Gasteiger partial charge in [-0.2, -0.15) is 0 Å². The zero-order chi connectivity index (χ0) is 18.1. The zero-order valence-electron chi connectivity index (χ0n) is 13.6. The van der Waals surface area contributed by atoms with Gasteiger partial charge in [0.05, 0.1) is 18.4 Å². The maximum Gasteiger partial charge on any atom is 0.439 e. The number of hydrogen-bond donors (Lipinski definition) is 2. The van der Waals surface area contributed by atoms with Crippen LogP contribution in [0.2, 0.25) is 0 Å². The van der Waals surface area contributed by atoms with Crippen LogP contribution in [0.1, 0.15) is 29.2 Å². The van der Waals surface area contributed by atoms with Gasteiger partial charge in [0.2, 0.25) is 5.82 Å². The topological polar surface area (TPSA) is 127 Å². The lowest BCUT2D eigenvalue weighted by Gasteiger charge is -2.10. The van der Waals surface area contributed by atoms with Crippen molar-refractivity contribution in [3.05, 3.63) is 64.7 Å². The Morgan fingerprint density at radius 2 is 2.08 bits per heavy atom. The van der Waals surface area contributed by atoms with Crippen molar-refractivity contribution in [3.63, 3.8) is 0 Å². The number of fused-ring (bicyclic) bond motifs is 1. The van der Waals surface area contributed by atoms with Crippen LogP contribution in [0.4, 0.5) is 0 Å². The molecule has 2 N–H and O–H groups in total. The lowest BCUT2D eigenvalue weighted by molar-refractivity contribution is 0.0930. The summed E-state index contributed by atoms with van der Waals surface area (Å²) >= 11 is 0. The monoisotopic (exact) mass is 351 g/mol. The van der Waals surface area contributed by atoms with Gasteiger partial charge in [0.25, 0.3) is 5.91 Å². The number of hydrogen-bond acceptors (Lipinski definition) is 7. The second-order valence-electron chi connectivity index (χ2n) is 5.61. The maximum atomic E-state index is 12.3. The number of H-pyrrole nitrogens is 1. The van der Waals surface area contributed by atoms with Gasteiger partial charge >= 0.3 is 5.76 Å². The third kappa shape index (κ3) is 2.97. The number of rotatable bonds is 4. The summed E-state index contributed by atoms with van der Waals surface area (Å²) in [6, 6.07) is 9.16. The fourth-order valence-electron chi connectivity index (χ4n) is 2.47. The van der Waals surface area contributed by atoms with Gasteiger partial charge < -0.3 is 9.73 Å². The molecule has 0 saturated heterocycles. The largest absolute Gasteiger partial charge is 0.459 e. The number of carbonyl (C=O) groups excluding carboxylic acids is 1. The predicted molar refractivity (Wildman–Crippen MR) is 90.2 cm³/mol. The molecule has 3 heterocycles. The Morgan fingerprint density at radius 3 is 2.77 bits per heavy atom. The van der Waals surface area contributed by atoms with Crippen molar-refractivity contribution in [2.45, 2.75) is 13.0 Å². The van der Waals surface area contributed by atoms with E-state index in [0.29, 0.717) is 5.76 Å². The fourth-order valence-corrected chi connectivity index (χ4v) is 2.47. The van der Waals surface area contributed by atoms with E-state index in [4.69, 9.17) is 4.42 Å². The Labute approximate surface area is 146 Å². The lowest BCUT2D eigenvalue weighted by Crippen LogP contribution is -2.27. The Balaban J connectivity index is 1.49. The summed E-state index contributed by atoms with van der Waals surface area (Å²) in [5.74, 6) is -0.302. The van der Waals surface area contributed by atoms with Gasteiger partial charge in [-0.05, 0) is 19.1 Å². The highest BCUT2D eigenvalue weighted by molar-refractivity contribution is 5.92. The molecular formula is C17H13N5O4. The molecule has 1 atom stereocenters. The minimum atomic E-state index is -0.691. The highest BCUT2D eigenvalue weighted by atomic mass is 16.5. The summed E-state index contributed by atoms with van der Waals surface area (Å²) in [6.45, 7) is 1.82. The van der Waals surface area contributed by atoms with Crippen LogP contribution in [-0.4, -0.2) is 26.0 Å². The van der Waals surface area contributed by atoms with Crippen molar-refractivity contribution in [2.24, 2.45) is 0 Å². The molecule has 0 spiro atoms. The minimum absolute atomic E-state index is 0.127. The van der Waals surface area contributed by atoms with Crippen molar-refractivity contribution >= 4 is 16.9 Å². The quantitative estimate of drug-likeness (QED) is 0.576. The van der Waals surface area contributed by atoms with Crippen molar-refractivity contribution in [1.29, 1.82) is 0 Å². The molecule has 9 nitrogen and oxygen atoms in total. The number of para-hydroxylation sites is 1. The van der Waals surface area contributed by atoms with E-state index in [9.17, 15) is 9.59 Å². The first-order valence-electron chi connectivity index (χ1n) is 7.78. The van der Waals surface area contributed by atoms with Crippen LogP contribution < -0.4 is 11.1 Å². The highest BCUT2D eigenvalue weighted by Crippen LogP contribution is 2.23. The summed E-state index contributed by atoms with van der Waals surface area (Å²) < 4.78 is 10.1. The SMILES string of the molecule is C[C@H](NC(=O)c1cnc(-c2noc(=O)[nH]2)cn1)c1cc2ccccc2o1. The van der Waals surface area contributed by atoms with Crippen LogP contribution >= 0.6 is 0 Å². The Bertz CT molecular complexity index is 1090. The summed E-state index contributed by atoms with van der Waals surface area (Å²) in [4.78, 5) is 33.8. The highest BCUT2D eigenvalue weighted by Gasteiger charge is 2.17. The van der Waals surface area contributed by atoms with Crippen molar-refractivity contribution in [3.8, 4) is 11.5 Å². The number of amides is 1. The van der Waals surface area contributed by atoms with Crippen LogP contribution in [0.25, 0.3) is 22.5 Å². The van der Waals surface area contributed by atoms with Gasteiger partial charge in [0.15, 0.2) is 0 Å². The van der Waals surface area contributed by atoms with E-state index in [1.807, 2.05) is 37.3 Å². The Kier molecular flexibility index (Phi) is 3.81. The number of nitrogens with one attached hydrogen (secondary N) is 2. The molecule has 1 amide bonds. The standard InChI is InChI=1S/C17H13N5O4/c1-9(14-6-10-4-2-3-5-13(10)25-14)20-16(23)12-8-18-11(7-19-12)15-21-17(24)26-22-15/h2-9H,1H3,(H,20,23)(H,21,22,24)/t9-/m0/s1. The van der Waals surface area contributed by atoms with Gasteiger partial charge in [0.1, 0.15) is 22.7 Å². The van der Waals surface area contributed by atoms with Crippen LogP contribution in [0, 0.1) is 0 Å². The van der Waals surface area contributed by atoms with Crippen molar-refractivity contribution in [2.75, 3.05) is 0 Å². The van der Waals surface area contributed by atoms with Crippen LogP contribution in [-0.2, 0) is 0 Å². The summed E-state index contributed by atoms with van der Waals surface area (Å²) in [6.07, 6.45) is 2.62. The zero-order valence-corrected chi connectivity index (χ0v) is 13.6. The second-order valence-corrected chi connectivity index (χ2v) is 5.61. The summed E-state index contributed by atoms with van der Waals surface area (Å²) in [5.41, 5.74) is 1.18. The van der Waals surface area contributed by atoms with E-state index < -0.39 is 11.7 Å². The molecule has 0 aliphatic heterocycles. The number of benzene rings is 1. The van der Waals surface area contributed by atoms with Gasteiger partial charge in [-0.15, -0.1) is 0 Å². The molecule has 3 aromatic heterocycles. The van der Waals surface area contributed by atoms with E-state index in [1.165, 1.54) is 12.4 Å². The molecule has 4 aromatic rings.